The van der Waals surface area contributed by atoms with E-state index in [0.29, 0.717) is 17.4 Å². The Balaban J connectivity index is 2.06. The lowest BCUT2D eigenvalue weighted by molar-refractivity contribution is -0.116. The van der Waals surface area contributed by atoms with E-state index in [-0.39, 0.29) is 23.9 Å². The fourth-order valence-electron chi connectivity index (χ4n) is 2.13. The second-order valence-electron chi connectivity index (χ2n) is 5.08. The number of unbranched alkanes of at least 4 members (excludes halogenated alkanes) is 1. The molecule has 0 bridgehead atoms. The van der Waals surface area contributed by atoms with Crippen LogP contribution >= 0.6 is 11.8 Å². The van der Waals surface area contributed by atoms with Crippen LogP contribution in [0.4, 0.5) is 5.69 Å². The van der Waals surface area contributed by atoms with E-state index in [1.807, 2.05) is 31.2 Å². The molecule has 8 heteroatoms. The second kappa shape index (κ2) is 8.93. The first-order valence-electron chi connectivity index (χ1n) is 7.67. The molecule has 0 spiro atoms. The van der Waals surface area contributed by atoms with Gasteiger partial charge in [-0.2, -0.15) is 5.26 Å². The fraction of sp³-hybridized carbons (Fsp3) is 0.375. The van der Waals surface area contributed by atoms with Crippen molar-refractivity contribution < 1.29 is 4.79 Å². The van der Waals surface area contributed by atoms with E-state index >= 15 is 0 Å². The lowest BCUT2D eigenvalue weighted by atomic mass is 10.3. The van der Waals surface area contributed by atoms with E-state index < -0.39 is 0 Å². The molecule has 1 amide bonds. The number of benzene rings is 1. The number of nitrogens with zero attached hydrogens (tertiary/aromatic N) is 4. The van der Waals surface area contributed by atoms with Crippen LogP contribution in [0.15, 0.2) is 40.3 Å². The maximum absolute atomic E-state index is 12.5. The molecule has 0 saturated carbocycles. The molecule has 24 heavy (non-hydrogen) atoms. The smallest absolute Gasteiger partial charge is 0.298 e. The van der Waals surface area contributed by atoms with Gasteiger partial charge in [-0.15, -0.1) is 5.10 Å². The molecule has 0 fully saturated rings. The van der Waals surface area contributed by atoms with E-state index in [2.05, 4.69) is 10.2 Å². The molecule has 0 atom stereocenters. The van der Waals surface area contributed by atoms with Gasteiger partial charge in [0.1, 0.15) is 6.54 Å². The highest BCUT2D eigenvalue weighted by Gasteiger charge is 2.17. The van der Waals surface area contributed by atoms with E-state index in [4.69, 9.17) is 5.26 Å². The maximum Gasteiger partial charge on any atom is 0.343 e. The summed E-state index contributed by atoms with van der Waals surface area (Å²) in [6.45, 7) is 2.59. The van der Waals surface area contributed by atoms with Crippen molar-refractivity contribution in [2.24, 2.45) is 0 Å². The predicted molar refractivity (Wildman–Crippen MR) is 92.9 cm³/mol. The molecular formula is C16H19N5O2S. The lowest BCUT2D eigenvalue weighted by Crippen LogP contribution is -2.32. The zero-order chi connectivity index (χ0) is 17.4. The molecule has 1 heterocycles. The number of thioether (sulfide) groups is 1. The highest BCUT2D eigenvalue weighted by atomic mass is 32.2. The van der Waals surface area contributed by atoms with Crippen LogP contribution in [0.25, 0.3) is 0 Å². The molecule has 2 rings (SSSR count). The first-order valence-corrected chi connectivity index (χ1v) is 8.66. The predicted octanol–water partition coefficient (Wildman–Crippen LogP) is 2.02. The Morgan fingerprint density at radius 3 is 2.83 bits per heavy atom. The van der Waals surface area contributed by atoms with Crippen LogP contribution in [-0.2, 0) is 11.3 Å². The van der Waals surface area contributed by atoms with Crippen molar-refractivity contribution in [1.82, 2.24) is 14.8 Å². The van der Waals surface area contributed by atoms with E-state index in [1.54, 1.807) is 16.7 Å². The number of aromatic amines is 1. The van der Waals surface area contributed by atoms with Crippen LogP contribution in [0.1, 0.15) is 19.8 Å². The van der Waals surface area contributed by atoms with Crippen molar-refractivity contribution in [2.45, 2.75) is 31.5 Å². The van der Waals surface area contributed by atoms with Crippen LogP contribution in [0.5, 0.6) is 0 Å². The number of carbonyl (C=O) groups is 1. The quantitative estimate of drug-likeness (QED) is 0.583. The van der Waals surface area contributed by atoms with Crippen molar-refractivity contribution in [3.8, 4) is 6.07 Å². The molecule has 2 aromatic rings. The number of H-pyrrole nitrogens is 1. The normalized spacial score (nSPS) is 10.3. The van der Waals surface area contributed by atoms with Crippen LogP contribution in [0.2, 0.25) is 0 Å². The summed E-state index contributed by atoms with van der Waals surface area (Å²) < 4.78 is 1.54. The summed E-state index contributed by atoms with van der Waals surface area (Å²) in [4.78, 5) is 25.6. The molecule has 1 N–H and O–H groups in total. The molecule has 126 valence electrons. The zero-order valence-corrected chi connectivity index (χ0v) is 14.3. The lowest BCUT2D eigenvalue weighted by Gasteiger charge is -2.19. The summed E-state index contributed by atoms with van der Waals surface area (Å²) in [5.74, 6) is -0.0993. The van der Waals surface area contributed by atoms with Gasteiger partial charge in [-0.3, -0.25) is 14.3 Å². The third-order valence-electron chi connectivity index (χ3n) is 3.38. The highest BCUT2D eigenvalue weighted by Crippen LogP contribution is 2.18. The number of nitrogens with one attached hydrogen (secondary N) is 1. The highest BCUT2D eigenvalue weighted by molar-refractivity contribution is 7.99. The second-order valence-corrected chi connectivity index (χ2v) is 6.02. The van der Waals surface area contributed by atoms with Gasteiger partial charge < -0.3 is 0 Å². The summed E-state index contributed by atoms with van der Waals surface area (Å²) >= 11 is 1.20. The van der Waals surface area contributed by atoms with Gasteiger partial charge in [0.25, 0.3) is 0 Å². The van der Waals surface area contributed by atoms with Gasteiger partial charge in [-0.25, -0.2) is 9.89 Å². The minimum atomic E-state index is -0.268. The van der Waals surface area contributed by atoms with Crippen molar-refractivity contribution in [3.63, 3.8) is 0 Å². The number of aromatic nitrogens is 3. The maximum atomic E-state index is 12.5. The third kappa shape index (κ3) is 4.49. The number of amides is 1. The van der Waals surface area contributed by atoms with E-state index in [1.165, 1.54) is 16.7 Å². The average Bonchev–Trinajstić information content (AvgIpc) is 2.96. The Morgan fingerprint density at radius 2 is 2.17 bits per heavy atom. The fourth-order valence-corrected chi connectivity index (χ4v) is 2.98. The molecule has 0 unspecified atom stereocenters. The minimum Gasteiger partial charge on any atom is -0.298 e. The van der Waals surface area contributed by atoms with Crippen molar-refractivity contribution in [3.05, 3.63) is 40.8 Å². The summed E-state index contributed by atoms with van der Waals surface area (Å²) in [5.41, 5.74) is 0.408. The zero-order valence-electron chi connectivity index (χ0n) is 13.4. The molecule has 0 aliphatic carbocycles. The molecular weight excluding hydrogens is 326 g/mol. The Morgan fingerprint density at radius 1 is 1.42 bits per heavy atom. The molecule has 0 aliphatic heterocycles. The van der Waals surface area contributed by atoms with Gasteiger partial charge in [0.15, 0.2) is 5.16 Å². The minimum absolute atomic E-state index is 0.0212. The number of rotatable bonds is 8. The van der Waals surface area contributed by atoms with E-state index in [9.17, 15) is 9.59 Å². The Labute approximate surface area is 144 Å². The molecule has 0 aliphatic rings. The first kappa shape index (κ1) is 17.8. The van der Waals surface area contributed by atoms with Crippen molar-refractivity contribution in [2.75, 3.05) is 17.2 Å². The average molecular weight is 345 g/mol. The molecule has 0 radical (unpaired) electrons. The van der Waals surface area contributed by atoms with Crippen LogP contribution in [0, 0.1) is 11.3 Å². The number of anilines is 1. The SMILES string of the molecule is CCCCn1c(SCC(=O)N(CC#N)c2ccccc2)n[nH]c1=O. The van der Waals surface area contributed by atoms with Crippen LogP contribution in [0.3, 0.4) is 0 Å². The first-order chi connectivity index (χ1) is 11.7. The van der Waals surface area contributed by atoms with Crippen molar-refractivity contribution >= 4 is 23.4 Å². The number of nitriles is 1. The summed E-state index contributed by atoms with van der Waals surface area (Å²) in [6, 6.07) is 11.1. The monoisotopic (exact) mass is 345 g/mol. The van der Waals surface area contributed by atoms with E-state index in [0.717, 1.165) is 12.8 Å². The number of hydrogen-bond donors (Lipinski definition) is 1. The van der Waals surface area contributed by atoms with Crippen LogP contribution in [-0.4, -0.2) is 33.0 Å². The molecule has 7 nitrogen and oxygen atoms in total. The Bertz CT molecular complexity index is 763. The largest absolute Gasteiger partial charge is 0.343 e. The van der Waals surface area contributed by atoms with Gasteiger partial charge in [0, 0.05) is 12.2 Å². The van der Waals surface area contributed by atoms with Gasteiger partial charge >= 0.3 is 5.69 Å². The van der Waals surface area contributed by atoms with Gasteiger partial charge in [0.05, 0.1) is 11.8 Å². The molecule has 0 saturated heterocycles. The molecule has 1 aromatic heterocycles. The summed E-state index contributed by atoms with van der Waals surface area (Å²) in [5, 5.41) is 15.8. The number of carbonyl (C=O) groups excluding carboxylic acids is 1. The van der Waals surface area contributed by atoms with Gasteiger partial charge in [0.2, 0.25) is 5.91 Å². The topological polar surface area (TPSA) is 94.8 Å². The molecule has 1 aromatic carbocycles. The standard InChI is InChI=1S/C16H19N5O2S/c1-2-3-10-21-15(23)18-19-16(21)24-12-14(22)20(11-9-17)13-7-5-4-6-8-13/h4-8H,2-3,10-12H2,1H3,(H,18,23). The summed E-state index contributed by atoms with van der Waals surface area (Å²) in [7, 11) is 0. The van der Waals surface area contributed by atoms with Gasteiger partial charge in [-0.1, -0.05) is 43.3 Å². The van der Waals surface area contributed by atoms with Gasteiger partial charge in [-0.05, 0) is 18.6 Å². The number of para-hydroxylation sites is 1. The van der Waals surface area contributed by atoms with Crippen molar-refractivity contribution in [1.29, 1.82) is 5.26 Å². The van der Waals surface area contributed by atoms with Crippen LogP contribution < -0.4 is 10.6 Å². The summed E-state index contributed by atoms with van der Waals surface area (Å²) in [6.07, 6.45) is 1.83. The number of hydrogen-bond acceptors (Lipinski definition) is 5. The third-order valence-corrected chi connectivity index (χ3v) is 4.34. The Kier molecular flexibility index (Phi) is 6.63. The Hall–Kier alpha value is -2.53.